The van der Waals surface area contributed by atoms with Crippen LogP contribution >= 0.6 is 0 Å². The van der Waals surface area contributed by atoms with E-state index in [1.54, 1.807) is 0 Å². The summed E-state index contributed by atoms with van der Waals surface area (Å²) in [5.41, 5.74) is 1.88. The lowest BCUT2D eigenvalue weighted by Gasteiger charge is -2.32. The molecule has 3 fully saturated rings. The van der Waals surface area contributed by atoms with Gasteiger partial charge in [0.2, 0.25) is 5.91 Å². The Morgan fingerprint density at radius 2 is 1.97 bits per heavy atom. The molecule has 1 saturated carbocycles. The highest BCUT2D eigenvalue weighted by molar-refractivity contribution is 5.91. The van der Waals surface area contributed by atoms with Gasteiger partial charge in [-0.2, -0.15) is 0 Å². The highest BCUT2D eigenvalue weighted by Crippen LogP contribution is 2.45. The maximum absolute atomic E-state index is 11.9. The number of hydrogen-bond donors (Lipinski definition) is 1. The van der Waals surface area contributed by atoms with Crippen molar-refractivity contribution in [3.05, 3.63) is 35.4 Å². The predicted molar refractivity (Wildman–Crippen MR) is 114 cm³/mol. The Balaban J connectivity index is 0.000000234. The van der Waals surface area contributed by atoms with Crippen molar-refractivity contribution in [2.45, 2.75) is 63.9 Å². The number of aliphatic hydroxyl groups excluding tert-OH is 1. The molecule has 1 aromatic rings. The summed E-state index contributed by atoms with van der Waals surface area (Å²) in [5, 5.41) is 8.96. The fraction of sp³-hybridized carbons (Fsp3) is 0.667. The van der Waals surface area contributed by atoms with Gasteiger partial charge in [-0.15, -0.1) is 0 Å². The molecule has 0 spiro atoms. The van der Waals surface area contributed by atoms with E-state index in [1.165, 1.54) is 20.0 Å². The summed E-state index contributed by atoms with van der Waals surface area (Å²) >= 11 is 0. The highest BCUT2D eigenvalue weighted by atomic mass is 16.5. The minimum absolute atomic E-state index is 0.185. The third kappa shape index (κ3) is 5.22. The number of likely N-dealkylation sites (tertiary alicyclic amines) is 1. The van der Waals surface area contributed by atoms with Gasteiger partial charge in [0, 0.05) is 24.9 Å². The van der Waals surface area contributed by atoms with Crippen LogP contribution in [0, 0.1) is 5.41 Å². The molecule has 2 bridgehead atoms. The van der Waals surface area contributed by atoms with Gasteiger partial charge in [0.15, 0.2) is 0 Å². The summed E-state index contributed by atoms with van der Waals surface area (Å²) in [4.78, 5) is 25.7. The average Bonchev–Trinajstić information content (AvgIpc) is 3.41. The smallest absolute Gasteiger partial charge is 0.338 e. The van der Waals surface area contributed by atoms with Crippen molar-refractivity contribution in [2.24, 2.45) is 5.41 Å². The molecule has 1 amide bonds. The van der Waals surface area contributed by atoms with Gasteiger partial charge in [0.05, 0.1) is 32.0 Å². The molecule has 3 aliphatic rings. The number of nitrogens with zero attached hydrogens (tertiary/aromatic N) is 1. The number of benzene rings is 1. The number of rotatable bonds is 5. The van der Waals surface area contributed by atoms with Crippen LogP contribution in [0.3, 0.4) is 0 Å². The van der Waals surface area contributed by atoms with Crippen molar-refractivity contribution >= 4 is 11.9 Å². The van der Waals surface area contributed by atoms with Crippen molar-refractivity contribution in [3.63, 3.8) is 0 Å². The molecule has 0 radical (unpaired) electrons. The second kappa shape index (κ2) is 10.4. The molecule has 1 aromatic carbocycles. The lowest BCUT2D eigenvalue weighted by molar-refractivity contribution is -0.132. The van der Waals surface area contributed by atoms with Gasteiger partial charge in [0.25, 0.3) is 0 Å². The fourth-order valence-electron chi connectivity index (χ4n) is 4.87. The molecule has 2 unspecified atom stereocenters. The van der Waals surface area contributed by atoms with Crippen LogP contribution < -0.4 is 0 Å². The molecule has 6 nitrogen and oxygen atoms in total. The standard InChI is InChI=1S/C17H23NO3.C7H12O2/c1-3-6-16(19)18-11-9-13(10-12-18)14-7-4-5-8-15(14)17(20)21-2;8-4-7-2-1-6(3-7)9-5-7/h4-5,7-8,13H,3,6,9-12H2,1-2H3;6,8H,1-5H2. The highest BCUT2D eigenvalue weighted by Gasteiger charge is 2.45. The minimum Gasteiger partial charge on any atom is -0.465 e. The summed E-state index contributed by atoms with van der Waals surface area (Å²) in [7, 11) is 1.41. The van der Waals surface area contributed by atoms with Crippen LogP contribution in [-0.4, -0.2) is 61.4 Å². The summed E-state index contributed by atoms with van der Waals surface area (Å²) in [6.07, 6.45) is 7.26. The molecule has 2 aliphatic heterocycles. The van der Waals surface area contributed by atoms with Crippen LogP contribution in [0.1, 0.15) is 73.7 Å². The Bertz CT molecular complexity index is 718. The molecule has 4 rings (SSSR count). The number of esters is 1. The molecular weight excluding hydrogens is 382 g/mol. The van der Waals surface area contributed by atoms with Gasteiger partial charge in [-0.3, -0.25) is 4.79 Å². The zero-order valence-electron chi connectivity index (χ0n) is 18.3. The van der Waals surface area contributed by atoms with E-state index in [-0.39, 0.29) is 17.3 Å². The van der Waals surface area contributed by atoms with Crippen LogP contribution in [-0.2, 0) is 14.3 Å². The number of carbonyl (C=O) groups is 2. The molecule has 166 valence electrons. The van der Waals surface area contributed by atoms with Gasteiger partial charge < -0.3 is 19.5 Å². The second-order valence-electron chi connectivity index (χ2n) is 8.82. The third-order valence-electron chi connectivity index (χ3n) is 6.74. The molecule has 2 heterocycles. The quantitative estimate of drug-likeness (QED) is 0.742. The van der Waals surface area contributed by atoms with E-state index < -0.39 is 0 Å². The van der Waals surface area contributed by atoms with E-state index in [0.29, 0.717) is 30.6 Å². The first-order valence-corrected chi connectivity index (χ1v) is 11.2. The van der Waals surface area contributed by atoms with Crippen LogP contribution in [0.25, 0.3) is 0 Å². The number of piperidine rings is 1. The topological polar surface area (TPSA) is 76.1 Å². The molecule has 2 atom stereocenters. The lowest BCUT2D eigenvalue weighted by Crippen LogP contribution is -2.38. The van der Waals surface area contributed by atoms with Gasteiger partial charge in [0.1, 0.15) is 0 Å². The molecule has 1 aliphatic carbocycles. The Hall–Kier alpha value is -1.92. The second-order valence-corrected chi connectivity index (χ2v) is 8.82. The first-order chi connectivity index (χ1) is 14.5. The minimum atomic E-state index is -0.282. The van der Waals surface area contributed by atoms with Gasteiger partial charge in [-0.25, -0.2) is 4.79 Å². The van der Waals surface area contributed by atoms with E-state index in [2.05, 4.69) is 0 Å². The number of fused-ring (bicyclic) bond motifs is 2. The summed E-state index contributed by atoms with van der Waals surface area (Å²) in [6, 6.07) is 7.63. The predicted octanol–water partition coefficient (Wildman–Crippen LogP) is 3.53. The van der Waals surface area contributed by atoms with Gasteiger partial charge in [-0.05, 0) is 56.1 Å². The first-order valence-electron chi connectivity index (χ1n) is 11.2. The van der Waals surface area contributed by atoms with Gasteiger partial charge >= 0.3 is 5.97 Å². The van der Waals surface area contributed by atoms with Crippen molar-refractivity contribution in [1.82, 2.24) is 4.90 Å². The third-order valence-corrected chi connectivity index (χ3v) is 6.74. The molecule has 6 heteroatoms. The molecule has 1 N–H and O–H groups in total. The van der Waals surface area contributed by atoms with E-state index in [0.717, 1.165) is 50.9 Å². The van der Waals surface area contributed by atoms with Crippen LogP contribution in [0.5, 0.6) is 0 Å². The van der Waals surface area contributed by atoms with Crippen LogP contribution in [0.4, 0.5) is 0 Å². The normalized spacial score (nSPS) is 25.6. The van der Waals surface area contributed by atoms with E-state index in [4.69, 9.17) is 14.6 Å². The zero-order valence-corrected chi connectivity index (χ0v) is 18.3. The Morgan fingerprint density at radius 3 is 2.47 bits per heavy atom. The number of hydrogen-bond acceptors (Lipinski definition) is 5. The van der Waals surface area contributed by atoms with Crippen molar-refractivity contribution in [1.29, 1.82) is 0 Å². The molecule has 2 saturated heterocycles. The summed E-state index contributed by atoms with van der Waals surface area (Å²) in [5.74, 6) is 0.290. The van der Waals surface area contributed by atoms with Gasteiger partial charge in [-0.1, -0.05) is 25.1 Å². The van der Waals surface area contributed by atoms with Crippen molar-refractivity contribution in [3.8, 4) is 0 Å². The number of ether oxygens (including phenoxy) is 2. The summed E-state index contributed by atoms with van der Waals surface area (Å²) < 4.78 is 10.2. The van der Waals surface area contributed by atoms with Crippen molar-refractivity contribution < 1.29 is 24.2 Å². The number of methoxy groups -OCH3 is 1. The number of carbonyl (C=O) groups excluding carboxylic acids is 2. The maximum atomic E-state index is 11.9. The number of amides is 1. The molecule has 0 aromatic heterocycles. The van der Waals surface area contributed by atoms with Crippen LogP contribution in [0.15, 0.2) is 24.3 Å². The molecular formula is C24H35NO5. The largest absolute Gasteiger partial charge is 0.465 e. The summed E-state index contributed by atoms with van der Waals surface area (Å²) in [6.45, 7) is 4.70. The molecule has 30 heavy (non-hydrogen) atoms. The lowest BCUT2D eigenvalue weighted by atomic mass is 9.86. The fourth-order valence-corrected chi connectivity index (χ4v) is 4.87. The first kappa shape index (κ1) is 22.8. The van der Waals surface area contributed by atoms with Crippen LogP contribution in [0.2, 0.25) is 0 Å². The van der Waals surface area contributed by atoms with Crippen molar-refractivity contribution in [2.75, 3.05) is 33.4 Å². The van der Waals surface area contributed by atoms with E-state index >= 15 is 0 Å². The SMILES string of the molecule is CCCC(=O)N1CCC(c2ccccc2C(=O)OC)CC1.OCC12CCC(C1)OC2. The average molecular weight is 418 g/mol. The zero-order chi connectivity index (χ0) is 21.6. The Kier molecular flexibility index (Phi) is 7.89. The Morgan fingerprint density at radius 1 is 1.23 bits per heavy atom. The number of aliphatic hydroxyl groups is 1. The van der Waals surface area contributed by atoms with E-state index in [1.807, 2.05) is 36.1 Å². The monoisotopic (exact) mass is 417 g/mol. The maximum Gasteiger partial charge on any atom is 0.338 e. The Labute approximate surface area is 179 Å². The van der Waals surface area contributed by atoms with E-state index in [9.17, 15) is 9.59 Å².